The second-order valence-electron chi connectivity index (χ2n) is 5.48. The normalized spacial score (nSPS) is 12.6. The molecule has 0 atom stereocenters. The summed E-state index contributed by atoms with van der Waals surface area (Å²) in [6, 6.07) is 0. The fourth-order valence-electron chi connectivity index (χ4n) is 2.48. The molecule has 0 bridgehead atoms. The van der Waals surface area contributed by atoms with E-state index >= 15 is 0 Å². The third-order valence-electron chi connectivity index (χ3n) is 3.77. The SMILES string of the molecule is CCCCC([SiH3])(CCCC)CN(CC)CC. The first-order valence-corrected chi connectivity index (χ1v) is 8.34. The van der Waals surface area contributed by atoms with Gasteiger partial charge in [0.05, 0.1) is 0 Å². The van der Waals surface area contributed by atoms with Gasteiger partial charge in [-0.15, -0.1) is 0 Å². The van der Waals surface area contributed by atoms with E-state index in [1.54, 1.807) is 0 Å². The van der Waals surface area contributed by atoms with E-state index < -0.39 is 0 Å². The van der Waals surface area contributed by atoms with Crippen molar-refractivity contribution in [3.63, 3.8) is 0 Å². The molecule has 16 heavy (non-hydrogen) atoms. The molecule has 0 aliphatic rings. The molecule has 0 unspecified atom stereocenters. The molecular weight excluding hydrogens is 210 g/mol. The van der Waals surface area contributed by atoms with Crippen molar-refractivity contribution in [3.8, 4) is 0 Å². The lowest BCUT2D eigenvalue weighted by molar-refractivity contribution is 0.242. The summed E-state index contributed by atoms with van der Waals surface area (Å²) in [4.78, 5) is 2.62. The number of hydrogen-bond acceptors (Lipinski definition) is 1. The first-order valence-electron chi connectivity index (χ1n) is 7.34. The first kappa shape index (κ1) is 16.2. The number of hydrogen-bond donors (Lipinski definition) is 0. The largest absolute Gasteiger partial charge is 0.304 e. The third kappa shape index (κ3) is 6.69. The molecule has 0 amide bonds. The lowest BCUT2D eigenvalue weighted by Crippen LogP contribution is -2.33. The second-order valence-corrected chi connectivity index (χ2v) is 7.60. The molecule has 0 aliphatic heterocycles. The van der Waals surface area contributed by atoms with Crippen molar-refractivity contribution in [2.45, 2.75) is 71.3 Å². The van der Waals surface area contributed by atoms with E-state index in [0.29, 0.717) is 5.04 Å². The highest BCUT2D eigenvalue weighted by Crippen LogP contribution is 2.35. The van der Waals surface area contributed by atoms with E-state index in [2.05, 4.69) is 32.6 Å². The van der Waals surface area contributed by atoms with Crippen LogP contribution in [0.4, 0.5) is 0 Å². The topological polar surface area (TPSA) is 3.24 Å². The second kappa shape index (κ2) is 9.23. The summed E-state index contributed by atoms with van der Waals surface area (Å²) < 4.78 is 0. The summed E-state index contributed by atoms with van der Waals surface area (Å²) in [5.41, 5.74) is 0. The zero-order chi connectivity index (χ0) is 12.4. The molecule has 0 saturated heterocycles. The van der Waals surface area contributed by atoms with Crippen molar-refractivity contribution in [2.24, 2.45) is 0 Å². The molecule has 0 heterocycles. The van der Waals surface area contributed by atoms with Gasteiger partial charge in [0.15, 0.2) is 0 Å². The van der Waals surface area contributed by atoms with Gasteiger partial charge >= 0.3 is 0 Å². The maximum Gasteiger partial charge on any atom is 0.0123 e. The van der Waals surface area contributed by atoms with Gasteiger partial charge in [-0.05, 0) is 31.0 Å². The molecule has 0 aromatic carbocycles. The molecule has 0 spiro atoms. The number of rotatable bonds is 10. The summed E-state index contributed by atoms with van der Waals surface area (Å²) in [6.45, 7) is 13.0. The molecule has 0 aliphatic carbocycles. The van der Waals surface area contributed by atoms with Gasteiger partial charge < -0.3 is 4.90 Å². The summed E-state index contributed by atoms with van der Waals surface area (Å²) in [7, 11) is 1.36. The van der Waals surface area contributed by atoms with Crippen molar-refractivity contribution in [3.05, 3.63) is 0 Å². The quantitative estimate of drug-likeness (QED) is 0.533. The zero-order valence-electron chi connectivity index (χ0n) is 12.3. The Balaban J connectivity index is 4.25. The average molecular weight is 244 g/mol. The molecule has 0 radical (unpaired) electrons. The van der Waals surface area contributed by atoms with Gasteiger partial charge in [-0.3, -0.25) is 0 Å². The van der Waals surface area contributed by atoms with Crippen LogP contribution >= 0.6 is 0 Å². The smallest absolute Gasteiger partial charge is 0.0123 e. The maximum atomic E-state index is 2.62. The minimum atomic E-state index is 0.692. The Morgan fingerprint density at radius 3 is 1.62 bits per heavy atom. The fourth-order valence-corrected chi connectivity index (χ4v) is 3.63. The Morgan fingerprint density at radius 1 is 0.875 bits per heavy atom. The fraction of sp³-hybridized carbons (Fsp3) is 1.00. The minimum absolute atomic E-state index is 0.692. The van der Waals surface area contributed by atoms with Crippen molar-refractivity contribution < 1.29 is 0 Å². The first-order chi connectivity index (χ1) is 7.61. The predicted octanol–water partition coefficient (Wildman–Crippen LogP) is 3.23. The highest BCUT2D eigenvalue weighted by Gasteiger charge is 2.24. The number of nitrogens with zero attached hydrogens (tertiary/aromatic N) is 1. The number of unbranched alkanes of at least 4 members (excludes halogenated alkanes) is 2. The van der Waals surface area contributed by atoms with Gasteiger partial charge in [0.25, 0.3) is 0 Å². The monoisotopic (exact) mass is 243 g/mol. The molecule has 98 valence electrons. The minimum Gasteiger partial charge on any atom is -0.304 e. The van der Waals surface area contributed by atoms with Crippen LogP contribution in [0, 0.1) is 0 Å². The van der Waals surface area contributed by atoms with E-state index in [4.69, 9.17) is 0 Å². The van der Waals surface area contributed by atoms with Crippen LogP contribution in [-0.2, 0) is 0 Å². The molecule has 0 saturated carbocycles. The molecule has 0 fully saturated rings. The van der Waals surface area contributed by atoms with Crippen LogP contribution in [-0.4, -0.2) is 34.8 Å². The summed E-state index contributed by atoms with van der Waals surface area (Å²) in [5, 5.41) is 0.692. The Labute approximate surface area is 106 Å². The van der Waals surface area contributed by atoms with Crippen molar-refractivity contribution >= 4 is 10.2 Å². The Kier molecular flexibility index (Phi) is 9.33. The van der Waals surface area contributed by atoms with Crippen LogP contribution in [0.3, 0.4) is 0 Å². The van der Waals surface area contributed by atoms with Gasteiger partial charge in [-0.2, -0.15) is 0 Å². The van der Waals surface area contributed by atoms with E-state index in [-0.39, 0.29) is 0 Å². The molecule has 2 heteroatoms. The molecule has 1 nitrogen and oxygen atoms in total. The standard InChI is InChI=1S/C14H33NSi/c1-5-9-11-14(16,12-10-6-2)13-15(7-3)8-4/h5-13H2,1-4,16H3. The zero-order valence-corrected chi connectivity index (χ0v) is 14.3. The van der Waals surface area contributed by atoms with E-state index in [9.17, 15) is 0 Å². The molecule has 0 aromatic rings. The van der Waals surface area contributed by atoms with Crippen LogP contribution in [0.25, 0.3) is 0 Å². The van der Waals surface area contributed by atoms with Crippen LogP contribution in [0.15, 0.2) is 0 Å². The van der Waals surface area contributed by atoms with Gasteiger partial charge in [0.2, 0.25) is 0 Å². The molecular formula is C14H33NSi. The van der Waals surface area contributed by atoms with Crippen LogP contribution < -0.4 is 0 Å². The highest BCUT2D eigenvalue weighted by molar-refractivity contribution is 6.15. The lowest BCUT2D eigenvalue weighted by atomic mass is 9.94. The Hall–Kier alpha value is 0.177. The van der Waals surface area contributed by atoms with Gasteiger partial charge in [0, 0.05) is 16.8 Å². The van der Waals surface area contributed by atoms with Crippen molar-refractivity contribution in [1.29, 1.82) is 0 Å². The average Bonchev–Trinajstić information content (AvgIpc) is 2.31. The third-order valence-corrected chi connectivity index (χ3v) is 5.08. The lowest BCUT2D eigenvalue weighted by Gasteiger charge is -2.35. The van der Waals surface area contributed by atoms with Crippen LogP contribution in [0.2, 0.25) is 5.04 Å². The van der Waals surface area contributed by atoms with Gasteiger partial charge in [-0.25, -0.2) is 0 Å². The maximum absolute atomic E-state index is 2.62. The van der Waals surface area contributed by atoms with Gasteiger partial charge in [-0.1, -0.05) is 53.4 Å². The van der Waals surface area contributed by atoms with Crippen molar-refractivity contribution in [1.82, 2.24) is 4.90 Å². The summed E-state index contributed by atoms with van der Waals surface area (Å²) in [5.74, 6) is 0. The Morgan fingerprint density at radius 2 is 1.31 bits per heavy atom. The molecule has 0 N–H and O–H groups in total. The highest BCUT2D eigenvalue weighted by atomic mass is 28.1. The summed E-state index contributed by atoms with van der Waals surface area (Å²) >= 11 is 0. The van der Waals surface area contributed by atoms with E-state index in [0.717, 1.165) is 0 Å². The van der Waals surface area contributed by atoms with Crippen molar-refractivity contribution in [2.75, 3.05) is 19.6 Å². The predicted molar refractivity (Wildman–Crippen MR) is 79.5 cm³/mol. The van der Waals surface area contributed by atoms with Gasteiger partial charge in [0.1, 0.15) is 0 Å². The molecule has 0 aromatic heterocycles. The van der Waals surface area contributed by atoms with E-state index in [1.165, 1.54) is 68.4 Å². The summed E-state index contributed by atoms with van der Waals surface area (Å²) in [6.07, 6.45) is 8.49. The van der Waals surface area contributed by atoms with Crippen LogP contribution in [0.1, 0.15) is 66.2 Å². The van der Waals surface area contributed by atoms with Crippen LogP contribution in [0.5, 0.6) is 0 Å². The Bertz CT molecular complexity index is 147. The molecule has 0 rings (SSSR count). The van der Waals surface area contributed by atoms with E-state index in [1.807, 2.05) is 0 Å².